The second kappa shape index (κ2) is 8.57. The third kappa shape index (κ3) is 4.32. The normalized spacial score (nSPS) is 15.6. The molecule has 3 aromatic rings. The van der Waals surface area contributed by atoms with Crippen molar-refractivity contribution in [1.29, 1.82) is 0 Å². The van der Waals surface area contributed by atoms with E-state index in [0.29, 0.717) is 16.5 Å². The molecule has 4 rings (SSSR count). The second-order valence-electron chi connectivity index (χ2n) is 7.41. The van der Waals surface area contributed by atoms with Gasteiger partial charge >= 0.3 is 0 Å². The molecule has 0 aliphatic carbocycles. The third-order valence-electron chi connectivity index (χ3n) is 5.45. The van der Waals surface area contributed by atoms with Gasteiger partial charge in [0.2, 0.25) is 0 Å². The number of nitrogens with zero attached hydrogens (tertiary/aromatic N) is 2. The Labute approximate surface area is 175 Å². The lowest BCUT2D eigenvalue weighted by Crippen LogP contribution is -2.35. The van der Waals surface area contributed by atoms with Gasteiger partial charge in [-0.15, -0.1) is 0 Å². The molecule has 2 aromatic carbocycles. The van der Waals surface area contributed by atoms with E-state index in [4.69, 9.17) is 26.1 Å². The highest BCUT2D eigenvalue weighted by Gasteiger charge is 2.20. The molecule has 1 fully saturated rings. The van der Waals surface area contributed by atoms with Gasteiger partial charge in [0.15, 0.2) is 11.5 Å². The molecule has 5 nitrogen and oxygen atoms in total. The molecule has 0 amide bonds. The Morgan fingerprint density at radius 3 is 2.48 bits per heavy atom. The summed E-state index contributed by atoms with van der Waals surface area (Å²) in [6.45, 7) is 2.52. The van der Waals surface area contributed by atoms with Gasteiger partial charge in [0.1, 0.15) is 0 Å². The van der Waals surface area contributed by atoms with E-state index < -0.39 is 0 Å². The Hall–Kier alpha value is -2.34. The Balaban J connectivity index is 1.82. The molecular formula is C23H25ClN2O3. The third-order valence-corrected chi connectivity index (χ3v) is 5.68. The Bertz CT molecular complexity index is 1020. The zero-order valence-corrected chi connectivity index (χ0v) is 17.4. The van der Waals surface area contributed by atoms with Crippen molar-refractivity contribution in [3.63, 3.8) is 0 Å². The number of aliphatic hydroxyl groups excluding tert-OH is 1. The Kier molecular flexibility index (Phi) is 5.90. The number of aromatic nitrogens is 1. The molecule has 0 atom stereocenters. The van der Waals surface area contributed by atoms with Gasteiger partial charge in [-0.2, -0.15) is 0 Å². The maximum Gasteiger partial charge on any atom is 0.162 e. The number of aliphatic hydroxyl groups is 1. The molecule has 152 valence electrons. The van der Waals surface area contributed by atoms with E-state index in [-0.39, 0.29) is 6.10 Å². The van der Waals surface area contributed by atoms with Gasteiger partial charge in [0.05, 0.1) is 31.5 Å². The molecule has 1 saturated heterocycles. The van der Waals surface area contributed by atoms with Gasteiger partial charge in [-0.3, -0.25) is 4.90 Å². The number of rotatable bonds is 5. The minimum Gasteiger partial charge on any atom is -0.493 e. The number of likely N-dealkylation sites (tertiary alicyclic amines) is 1. The van der Waals surface area contributed by atoms with Crippen molar-refractivity contribution in [2.75, 3.05) is 27.3 Å². The zero-order valence-electron chi connectivity index (χ0n) is 16.7. The lowest BCUT2D eigenvalue weighted by Gasteiger charge is -2.30. The van der Waals surface area contributed by atoms with Crippen LogP contribution in [0.15, 0.2) is 42.5 Å². The number of hydrogen-bond acceptors (Lipinski definition) is 5. The van der Waals surface area contributed by atoms with Crippen molar-refractivity contribution in [1.82, 2.24) is 9.88 Å². The second-order valence-corrected chi connectivity index (χ2v) is 7.85. The molecule has 0 spiro atoms. The van der Waals surface area contributed by atoms with Crippen LogP contribution in [0.25, 0.3) is 22.2 Å². The van der Waals surface area contributed by atoms with Crippen LogP contribution in [0.5, 0.6) is 11.5 Å². The van der Waals surface area contributed by atoms with Crippen molar-refractivity contribution in [3.8, 4) is 22.8 Å². The summed E-state index contributed by atoms with van der Waals surface area (Å²) in [6, 6.07) is 13.8. The largest absolute Gasteiger partial charge is 0.493 e. The quantitative estimate of drug-likeness (QED) is 0.667. The van der Waals surface area contributed by atoms with Crippen LogP contribution in [-0.4, -0.2) is 48.4 Å². The van der Waals surface area contributed by atoms with E-state index >= 15 is 0 Å². The molecule has 29 heavy (non-hydrogen) atoms. The van der Waals surface area contributed by atoms with Crippen LogP contribution in [0.1, 0.15) is 18.4 Å². The smallest absolute Gasteiger partial charge is 0.162 e. The van der Waals surface area contributed by atoms with E-state index in [1.54, 1.807) is 14.2 Å². The number of ether oxygens (including phenoxy) is 2. The summed E-state index contributed by atoms with van der Waals surface area (Å²) < 4.78 is 10.9. The number of fused-ring (bicyclic) bond motifs is 1. The van der Waals surface area contributed by atoms with Crippen LogP contribution < -0.4 is 9.47 Å². The van der Waals surface area contributed by atoms with E-state index in [0.717, 1.165) is 60.2 Å². The lowest BCUT2D eigenvalue weighted by molar-refractivity contribution is 0.0793. The molecule has 0 unspecified atom stereocenters. The van der Waals surface area contributed by atoms with Gasteiger partial charge < -0.3 is 14.6 Å². The monoisotopic (exact) mass is 412 g/mol. The number of halogens is 1. The summed E-state index contributed by atoms with van der Waals surface area (Å²) in [5, 5.41) is 11.5. The van der Waals surface area contributed by atoms with Gasteiger partial charge in [-0.25, -0.2) is 4.98 Å². The zero-order chi connectivity index (χ0) is 20.4. The molecule has 2 heterocycles. The average molecular weight is 413 g/mol. The fraction of sp³-hybridized carbons (Fsp3) is 0.348. The fourth-order valence-electron chi connectivity index (χ4n) is 3.87. The first-order valence-electron chi connectivity index (χ1n) is 9.79. The molecule has 1 aromatic heterocycles. The van der Waals surface area contributed by atoms with Crippen molar-refractivity contribution in [2.24, 2.45) is 0 Å². The van der Waals surface area contributed by atoms with E-state index in [1.807, 2.05) is 36.4 Å². The SMILES string of the molecule is COc1cc2cc(CN3CCC(O)CC3)c(-c3cccc(Cl)c3)nc2cc1OC. The van der Waals surface area contributed by atoms with E-state index in [9.17, 15) is 5.11 Å². The van der Waals surface area contributed by atoms with Crippen molar-refractivity contribution < 1.29 is 14.6 Å². The number of hydrogen-bond donors (Lipinski definition) is 1. The average Bonchev–Trinajstić information content (AvgIpc) is 2.74. The highest BCUT2D eigenvalue weighted by atomic mass is 35.5. The predicted molar refractivity (Wildman–Crippen MR) is 116 cm³/mol. The maximum atomic E-state index is 9.83. The number of benzene rings is 2. The van der Waals surface area contributed by atoms with Crippen LogP contribution in [0, 0.1) is 0 Å². The van der Waals surface area contributed by atoms with E-state index in [1.165, 1.54) is 0 Å². The molecule has 0 saturated carbocycles. The van der Waals surface area contributed by atoms with E-state index in [2.05, 4.69) is 11.0 Å². The highest BCUT2D eigenvalue weighted by Crippen LogP contribution is 2.35. The summed E-state index contributed by atoms with van der Waals surface area (Å²) in [7, 11) is 3.26. The minimum absolute atomic E-state index is 0.190. The topological polar surface area (TPSA) is 54.8 Å². The summed E-state index contributed by atoms with van der Waals surface area (Å²) in [5.41, 5.74) is 3.87. The lowest BCUT2D eigenvalue weighted by atomic mass is 10.0. The fourth-order valence-corrected chi connectivity index (χ4v) is 4.06. The first kappa shape index (κ1) is 20.0. The van der Waals surface area contributed by atoms with Gasteiger partial charge in [0.25, 0.3) is 0 Å². The van der Waals surface area contributed by atoms with Crippen molar-refractivity contribution in [2.45, 2.75) is 25.5 Å². The first-order chi connectivity index (χ1) is 14.1. The van der Waals surface area contributed by atoms with Gasteiger partial charge in [-0.1, -0.05) is 23.7 Å². The molecule has 0 radical (unpaired) electrons. The Morgan fingerprint density at radius 1 is 1.07 bits per heavy atom. The van der Waals surface area contributed by atoms with Crippen LogP contribution in [0.4, 0.5) is 0 Å². The summed E-state index contributed by atoms with van der Waals surface area (Å²) in [4.78, 5) is 7.35. The molecule has 6 heteroatoms. The molecule has 1 aliphatic heterocycles. The standard InChI is InChI=1S/C23H25ClN2O3/c1-28-21-12-16-10-17(14-26-8-6-19(27)7-9-26)23(15-4-3-5-18(24)11-15)25-20(16)13-22(21)29-2/h3-5,10-13,19,27H,6-9,14H2,1-2H3. The Morgan fingerprint density at radius 2 is 1.79 bits per heavy atom. The number of piperidine rings is 1. The molecule has 1 N–H and O–H groups in total. The van der Waals surface area contributed by atoms with Crippen LogP contribution in [0.3, 0.4) is 0 Å². The first-order valence-corrected chi connectivity index (χ1v) is 10.2. The minimum atomic E-state index is -0.190. The van der Waals surface area contributed by atoms with Crippen LogP contribution in [0.2, 0.25) is 5.02 Å². The predicted octanol–water partition coefficient (Wildman–Crippen LogP) is 4.53. The highest BCUT2D eigenvalue weighted by molar-refractivity contribution is 6.30. The molecule has 0 bridgehead atoms. The van der Waals surface area contributed by atoms with Gasteiger partial charge in [0, 0.05) is 41.7 Å². The summed E-state index contributed by atoms with van der Waals surface area (Å²) in [6.07, 6.45) is 1.42. The van der Waals surface area contributed by atoms with Gasteiger partial charge in [-0.05, 0) is 42.7 Å². The molecule has 1 aliphatic rings. The molecular weight excluding hydrogens is 388 g/mol. The van der Waals surface area contributed by atoms with Crippen LogP contribution >= 0.6 is 11.6 Å². The number of pyridine rings is 1. The number of methoxy groups -OCH3 is 2. The maximum absolute atomic E-state index is 9.83. The van der Waals surface area contributed by atoms with Crippen LogP contribution in [-0.2, 0) is 6.54 Å². The van der Waals surface area contributed by atoms with Crippen molar-refractivity contribution in [3.05, 3.63) is 53.1 Å². The summed E-state index contributed by atoms with van der Waals surface area (Å²) in [5.74, 6) is 1.34. The van der Waals surface area contributed by atoms with Crippen molar-refractivity contribution >= 4 is 22.5 Å². The summed E-state index contributed by atoms with van der Waals surface area (Å²) >= 11 is 6.26.